The minimum Gasteiger partial charge on any atom is -0.450 e. The molecule has 1 spiro atoms. The van der Waals surface area contributed by atoms with E-state index in [-0.39, 0.29) is 11.9 Å². The van der Waals surface area contributed by atoms with Crippen molar-refractivity contribution in [1.29, 1.82) is 0 Å². The molecule has 2 aromatic carbocycles. The number of halogens is 3. The highest BCUT2D eigenvalue weighted by Crippen LogP contribution is 2.45. The van der Waals surface area contributed by atoms with Gasteiger partial charge in [0, 0.05) is 7.11 Å². The Labute approximate surface area is 184 Å². The average Bonchev–Trinajstić information content (AvgIpc) is 2.99. The monoisotopic (exact) mass is 446 g/mol. The van der Waals surface area contributed by atoms with Crippen LogP contribution in [0.4, 0.5) is 13.2 Å². The quantitative estimate of drug-likeness (QED) is 0.460. The molecular weight excluding hydrogens is 421 g/mol. The number of hydrogen-bond acceptors (Lipinski definition) is 4. The predicted octanol–water partition coefficient (Wildman–Crippen LogP) is 5.53. The van der Waals surface area contributed by atoms with Crippen LogP contribution in [0.3, 0.4) is 0 Å². The second-order valence-corrected chi connectivity index (χ2v) is 8.75. The first-order chi connectivity index (χ1) is 15.1. The molecule has 2 aromatic rings. The van der Waals surface area contributed by atoms with Crippen molar-refractivity contribution >= 4 is 11.8 Å². The first-order valence-corrected chi connectivity index (χ1v) is 10.6. The van der Waals surface area contributed by atoms with Gasteiger partial charge in [0.2, 0.25) is 0 Å². The number of esters is 1. The Morgan fingerprint density at radius 3 is 2.34 bits per heavy atom. The third-order valence-corrected chi connectivity index (χ3v) is 6.74. The molecular formula is C25H25F3O4. The van der Waals surface area contributed by atoms with Gasteiger partial charge >= 0.3 is 12.1 Å². The summed E-state index contributed by atoms with van der Waals surface area (Å²) in [5.41, 5.74) is 1.15. The molecule has 170 valence electrons. The molecule has 1 atom stereocenters. The molecule has 0 radical (unpaired) electrons. The van der Waals surface area contributed by atoms with Crippen molar-refractivity contribution in [3.63, 3.8) is 0 Å². The Morgan fingerprint density at radius 1 is 1.03 bits per heavy atom. The fourth-order valence-electron chi connectivity index (χ4n) is 4.91. The lowest BCUT2D eigenvalue weighted by atomic mass is 9.76. The van der Waals surface area contributed by atoms with Crippen LogP contribution in [0, 0.1) is 13.8 Å². The van der Waals surface area contributed by atoms with Crippen molar-refractivity contribution in [3.8, 4) is 11.1 Å². The number of ether oxygens (including phenoxy) is 2. The summed E-state index contributed by atoms with van der Waals surface area (Å²) >= 11 is 0. The van der Waals surface area contributed by atoms with Crippen molar-refractivity contribution in [2.45, 2.75) is 63.3 Å². The van der Waals surface area contributed by atoms with E-state index in [0.29, 0.717) is 53.5 Å². The lowest BCUT2D eigenvalue weighted by Gasteiger charge is -2.33. The molecule has 2 fully saturated rings. The molecule has 1 saturated heterocycles. The lowest BCUT2D eigenvalue weighted by molar-refractivity contribution is -0.157. The standard InChI is InChI=1S/C25H25F3O4/c1-14-12-20(15(2)11-19(14)16-5-4-6-17(13-16)25(26,27)28)21-22(29)24(32-23(21)30)9-7-18(31-3)8-10-24/h4-6,11-13,18,21H,7-10H2,1-3H3. The van der Waals surface area contributed by atoms with Crippen LogP contribution in [0.5, 0.6) is 0 Å². The fourth-order valence-corrected chi connectivity index (χ4v) is 4.91. The Morgan fingerprint density at radius 2 is 1.72 bits per heavy atom. The van der Waals surface area contributed by atoms with Gasteiger partial charge in [0.05, 0.1) is 11.7 Å². The number of Topliss-reactive ketones (excluding diaryl/α,β-unsaturated/α-hetero) is 1. The van der Waals surface area contributed by atoms with Crippen LogP contribution < -0.4 is 0 Å². The van der Waals surface area contributed by atoms with E-state index in [0.717, 1.165) is 12.1 Å². The molecule has 0 N–H and O–H groups in total. The lowest BCUT2D eigenvalue weighted by Crippen LogP contribution is -2.42. The van der Waals surface area contributed by atoms with E-state index in [1.807, 2.05) is 0 Å². The maximum Gasteiger partial charge on any atom is 0.416 e. The van der Waals surface area contributed by atoms with E-state index < -0.39 is 29.2 Å². The molecule has 1 unspecified atom stereocenters. The molecule has 0 amide bonds. The van der Waals surface area contributed by atoms with Crippen LogP contribution in [0.25, 0.3) is 11.1 Å². The van der Waals surface area contributed by atoms with E-state index >= 15 is 0 Å². The van der Waals surface area contributed by atoms with E-state index in [1.165, 1.54) is 6.07 Å². The first kappa shape index (κ1) is 22.5. The van der Waals surface area contributed by atoms with Crippen LogP contribution in [0.2, 0.25) is 0 Å². The number of alkyl halides is 3. The van der Waals surface area contributed by atoms with E-state index in [4.69, 9.17) is 9.47 Å². The summed E-state index contributed by atoms with van der Waals surface area (Å²) in [6.07, 6.45) is -2.21. The predicted molar refractivity (Wildman–Crippen MR) is 112 cm³/mol. The molecule has 4 nitrogen and oxygen atoms in total. The highest BCUT2D eigenvalue weighted by molar-refractivity contribution is 6.14. The van der Waals surface area contributed by atoms with Gasteiger partial charge in [-0.1, -0.05) is 24.3 Å². The Hall–Kier alpha value is -2.67. The van der Waals surface area contributed by atoms with Gasteiger partial charge in [-0.25, -0.2) is 0 Å². The van der Waals surface area contributed by atoms with Crippen molar-refractivity contribution in [1.82, 2.24) is 0 Å². The van der Waals surface area contributed by atoms with Gasteiger partial charge in [-0.3, -0.25) is 9.59 Å². The maximum absolute atomic E-state index is 13.4. The van der Waals surface area contributed by atoms with Crippen LogP contribution in [-0.2, 0) is 25.2 Å². The summed E-state index contributed by atoms with van der Waals surface area (Å²) in [7, 11) is 1.63. The zero-order valence-electron chi connectivity index (χ0n) is 18.2. The van der Waals surface area contributed by atoms with Gasteiger partial charge in [-0.15, -0.1) is 0 Å². The molecule has 4 rings (SSSR count). The number of rotatable bonds is 3. The van der Waals surface area contributed by atoms with Crippen molar-refractivity contribution in [3.05, 3.63) is 58.7 Å². The summed E-state index contributed by atoms with van der Waals surface area (Å²) in [5, 5.41) is 0. The topological polar surface area (TPSA) is 52.6 Å². The highest BCUT2D eigenvalue weighted by atomic mass is 19.4. The molecule has 1 aliphatic heterocycles. The number of methoxy groups -OCH3 is 1. The van der Waals surface area contributed by atoms with Crippen molar-refractivity contribution < 1.29 is 32.2 Å². The summed E-state index contributed by atoms with van der Waals surface area (Å²) in [6.45, 7) is 3.53. The van der Waals surface area contributed by atoms with Crippen LogP contribution in [0.1, 0.15) is 53.9 Å². The van der Waals surface area contributed by atoms with Crippen LogP contribution in [0.15, 0.2) is 36.4 Å². The second kappa shape index (κ2) is 8.03. The molecule has 0 bridgehead atoms. The van der Waals surface area contributed by atoms with Gasteiger partial charge in [0.25, 0.3) is 0 Å². The van der Waals surface area contributed by atoms with E-state index in [2.05, 4.69) is 0 Å². The minimum absolute atomic E-state index is 0.0573. The minimum atomic E-state index is -4.44. The molecule has 1 heterocycles. The number of ketones is 1. The molecule has 1 aliphatic carbocycles. The highest BCUT2D eigenvalue weighted by Gasteiger charge is 2.56. The summed E-state index contributed by atoms with van der Waals surface area (Å²) in [6, 6.07) is 8.61. The Kier molecular flexibility index (Phi) is 5.65. The van der Waals surface area contributed by atoms with E-state index in [9.17, 15) is 22.8 Å². The van der Waals surface area contributed by atoms with Crippen molar-refractivity contribution in [2.24, 2.45) is 0 Å². The van der Waals surface area contributed by atoms with Crippen LogP contribution in [-0.4, -0.2) is 30.6 Å². The van der Waals surface area contributed by atoms with Crippen molar-refractivity contribution in [2.75, 3.05) is 7.11 Å². The Bertz CT molecular complexity index is 1070. The zero-order chi connectivity index (χ0) is 23.3. The maximum atomic E-state index is 13.4. The fraction of sp³-hybridized carbons (Fsp3) is 0.440. The zero-order valence-corrected chi connectivity index (χ0v) is 18.2. The third kappa shape index (κ3) is 3.83. The molecule has 7 heteroatoms. The summed E-state index contributed by atoms with van der Waals surface area (Å²) in [4.78, 5) is 26.1. The average molecular weight is 446 g/mol. The number of benzene rings is 2. The number of hydrogen-bond donors (Lipinski definition) is 0. The van der Waals surface area contributed by atoms with Gasteiger partial charge in [0.15, 0.2) is 11.4 Å². The SMILES string of the molecule is COC1CCC2(CC1)OC(=O)C(c1cc(C)c(-c3cccc(C(F)(F)F)c3)cc1C)C2=O. The number of carbonyl (C=O) groups excluding carboxylic acids is 2. The van der Waals surface area contributed by atoms with Gasteiger partial charge in [-0.05, 0) is 79.5 Å². The molecule has 2 aliphatic rings. The van der Waals surface area contributed by atoms with E-state index in [1.54, 1.807) is 39.2 Å². The van der Waals surface area contributed by atoms with Gasteiger partial charge < -0.3 is 9.47 Å². The largest absolute Gasteiger partial charge is 0.450 e. The second-order valence-electron chi connectivity index (χ2n) is 8.75. The third-order valence-electron chi connectivity index (χ3n) is 6.74. The molecule has 32 heavy (non-hydrogen) atoms. The van der Waals surface area contributed by atoms with Gasteiger partial charge in [0.1, 0.15) is 5.92 Å². The summed E-state index contributed by atoms with van der Waals surface area (Å²) in [5.74, 6) is -1.80. The number of carbonyl (C=O) groups is 2. The normalized spacial score (nSPS) is 25.9. The molecule has 0 aromatic heterocycles. The van der Waals surface area contributed by atoms with Crippen LogP contribution >= 0.6 is 0 Å². The smallest absolute Gasteiger partial charge is 0.416 e. The Balaban J connectivity index is 1.67. The first-order valence-electron chi connectivity index (χ1n) is 10.6. The van der Waals surface area contributed by atoms with Gasteiger partial charge in [-0.2, -0.15) is 13.2 Å². The number of aryl methyl sites for hydroxylation is 2. The molecule has 1 saturated carbocycles. The summed E-state index contributed by atoms with van der Waals surface area (Å²) < 4.78 is 50.4.